The molecule has 0 aliphatic rings. The van der Waals surface area contributed by atoms with E-state index in [2.05, 4.69) is 11.1 Å². The second kappa shape index (κ2) is 8.07. The summed E-state index contributed by atoms with van der Waals surface area (Å²) >= 11 is 0. The molecule has 2 rings (SSSR count). The van der Waals surface area contributed by atoms with E-state index in [-0.39, 0.29) is 41.5 Å². The van der Waals surface area contributed by atoms with Gasteiger partial charge in [0, 0.05) is 38.9 Å². The SMILES string of the molecule is Fc1c[c-]c(-c2ccccn2)c(F)c1.[CH3-].[CH3-].[Pt]. The summed E-state index contributed by atoms with van der Waals surface area (Å²) in [6.07, 6.45) is 1.55. The first-order chi connectivity index (χ1) is 6.77. The van der Waals surface area contributed by atoms with Crippen molar-refractivity contribution in [2.24, 2.45) is 0 Å². The molecule has 0 radical (unpaired) electrons. The summed E-state index contributed by atoms with van der Waals surface area (Å²) in [5, 5.41) is 0. The van der Waals surface area contributed by atoms with Crippen LogP contribution in [-0.2, 0) is 21.1 Å². The summed E-state index contributed by atoms with van der Waals surface area (Å²) in [4.78, 5) is 3.95. The number of rotatable bonds is 1. The third-order valence-electron chi connectivity index (χ3n) is 1.78. The molecule has 0 spiro atoms. The van der Waals surface area contributed by atoms with Crippen molar-refractivity contribution in [3.8, 4) is 11.3 Å². The third kappa shape index (κ3) is 4.35. The molecule has 1 heterocycles. The Morgan fingerprint density at radius 3 is 2.35 bits per heavy atom. The van der Waals surface area contributed by atoms with Crippen LogP contribution in [0.2, 0.25) is 0 Å². The maximum Gasteiger partial charge on any atom is 0.0408 e. The first-order valence-corrected chi connectivity index (χ1v) is 4.05. The van der Waals surface area contributed by atoms with Crippen molar-refractivity contribution < 1.29 is 29.8 Å². The van der Waals surface area contributed by atoms with E-state index in [1.54, 1.807) is 24.4 Å². The zero-order valence-electron chi connectivity index (χ0n) is 9.48. The first-order valence-electron chi connectivity index (χ1n) is 4.05. The predicted molar refractivity (Wildman–Crippen MR) is 61.3 cm³/mol. The van der Waals surface area contributed by atoms with E-state index in [4.69, 9.17) is 0 Å². The molecule has 2 aromatic rings. The fourth-order valence-electron chi connectivity index (χ4n) is 1.15. The Morgan fingerprint density at radius 2 is 1.82 bits per heavy atom. The normalized spacial score (nSPS) is 8.35. The minimum atomic E-state index is -0.649. The number of benzene rings is 1. The molecule has 17 heavy (non-hydrogen) atoms. The Morgan fingerprint density at radius 1 is 1.12 bits per heavy atom. The van der Waals surface area contributed by atoms with Gasteiger partial charge in [-0.2, -0.15) is 0 Å². The largest absolute Gasteiger partial charge is 0.358 e. The van der Waals surface area contributed by atoms with Gasteiger partial charge in [-0.1, -0.05) is 23.8 Å². The third-order valence-corrected chi connectivity index (χ3v) is 1.78. The molecule has 0 bridgehead atoms. The molecule has 0 fully saturated rings. The van der Waals surface area contributed by atoms with Gasteiger partial charge < -0.3 is 19.8 Å². The standard InChI is InChI=1S/C11H6F2N.2CH3.Pt/c12-8-4-5-9(10(13)7-8)11-3-1-2-6-14-11;;;/h1-4,6-7H;2*1H3;/q3*-1;. The van der Waals surface area contributed by atoms with Crippen molar-refractivity contribution >= 4 is 0 Å². The van der Waals surface area contributed by atoms with Crippen molar-refractivity contribution in [2.75, 3.05) is 0 Å². The second-order valence-corrected chi connectivity index (χ2v) is 2.76. The van der Waals surface area contributed by atoms with Crippen LogP contribution in [0.1, 0.15) is 0 Å². The van der Waals surface area contributed by atoms with Crippen LogP contribution in [0.15, 0.2) is 36.5 Å². The van der Waals surface area contributed by atoms with E-state index in [1.807, 2.05) is 0 Å². The summed E-state index contributed by atoms with van der Waals surface area (Å²) in [5.74, 6) is -1.29. The van der Waals surface area contributed by atoms with Crippen molar-refractivity contribution in [2.45, 2.75) is 0 Å². The molecule has 0 aliphatic heterocycles. The van der Waals surface area contributed by atoms with E-state index in [0.717, 1.165) is 12.1 Å². The van der Waals surface area contributed by atoms with Crippen molar-refractivity contribution in [1.82, 2.24) is 4.98 Å². The van der Waals surface area contributed by atoms with Gasteiger partial charge in [0.1, 0.15) is 0 Å². The Labute approximate surface area is 115 Å². The van der Waals surface area contributed by atoms with Crippen molar-refractivity contribution in [1.29, 1.82) is 0 Å². The Kier molecular flexibility index (Phi) is 8.69. The van der Waals surface area contributed by atoms with Gasteiger partial charge in [0.2, 0.25) is 0 Å². The molecular weight excluding hydrogens is 403 g/mol. The van der Waals surface area contributed by atoms with Gasteiger partial charge in [0.05, 0.1) is 0 Å². The molecule has 96 valence electrons. The summed E-state index contributed by atoms with van der Waals surface area (Å²) in [6, 6.07) is 9.53. The van der Waals surface area contributed by atoms with E-state index in [0.29, 0.717) is 5.69 Å². The molecule has 0 N–H and O–H groups in total. The molecule has 0 atom stereocenters. The molecule has 0 saturated heterocycles. The summed E-state index contributed by atoms with van der Waals surface area (Å²) in [7, 11) is 0. The van der Waals surface area contributed by atoms with Crippen LogP contribution in [0.25, 0.3) is 11.3 Å². The Bertz CT molecular complexity index is 446. The molecule has 0 unspecified atom stereocenters. The minimum Gasteiger partial charge on any atom is -0.358 e. The zero-order valence-corrected chi connectivity index (χ0v) is 11.8. The maximum absolute atomic E-state index is 13.2. The number of hydrogen-bond donors (Lipinski definition) is 0. The van der Waals surface area contributed by atoms with Gasteiger partial charge in [-0.15, -0.1) is 12.1 Å². The summed E-state index contributed by atoms with van der Waals surface area (Å²) in [5.41, 5.74) is 0.636. The van der Waals surface area contributed by atoms with E-state index in [9.17, 15) is 8.78 Å². The molecule has 1 nitrogen and oxygen atoms in total. The molecule has 1 aromatic carbocycles. The smallest absolute Gasteiger partial charge is 0.0408 e. The zero-order chi connectivity index (χ0) is 9.97. The number of hydrogen-bond acceptors (Lipinski definition) is 1. The predicted octanol–water partition coefficient (Wildman–Crippen LogP) is 3.73. The average Bonchev–Trinajstić information content (AvgIpc) is 2.19. The van der Waals surface area contributed by atoms with Gasteiger partial charge in [0.15, 0.2) is 0 Å². The monoisotopic (exact) mass is 415 g/mol. The fraction of sp³-hybridized carbons (Fsp3) is 0. The maximum atomic E-state index is 13.2. The van der Waals surface area contributed by atoms with Crippen LogP contribution in [0.5, 0.6) is 0 Å². The van der Waals surface area contributed by atoms with Crippen LogP contribution in [0.3, 0.4) is 0 Å². The molecule has 0 amide bonds. The molecule has 1 aromatic heterocycles. The first kappa shape index (κ1) is 18.3. The van der Waals surface area contributed by atoms with Gasteiger partial charge in [-0.3, -0.25) is 8.78 Å². The molecule has 0 saturated carbocycles. The second-order valence-electron chi connectivity index (χ2n) is 2.76. The van der Waals surface area contributed by atoms with Gasteiger partial charge in [0.25, 0.3) is 0 Å². The molecular formula is C13H12F2NPt-3. The Hall–Kier alpha value is -1.08. The van der Waals surface area contributed by atoms with Crippen LogP contribution >= 0.6 is 0 Å². The summed E-state index contributed by atoms with van der Waals surface area (Å²) < 4.78 is 25.8. The molecule has 0 aliphatic carbocycles. The van der Waals surface area contributed by atoms with Crippen LogP contribution < -0.4 is 0 Å². The summed E-state index contributed by atoms with van der Waals surface area (Å²) in [6.45, 7) is 0. The quantitative estimate of drug-likeness (QED) is 0.647. The van der Waals surface area contributed by atoms with Crippen molar-refractivity contribution in [3.63, 3.8) is 0 Å². The Balaban J connectivity index is 0. The fourth-order valence-corrected chi connectivity index (χ4v) is 1.15. The number of pyridine rings is 1. The van der Waals surface area contributed by atoms with Crippen LogP contribution in [0.4, 0.5) is 8.78 Å². The number of nitrogens with zero attached hydrogens (tertiary/aromatic N) is 1. The van der Waals surface area contributed by atoms with Gasteiger partial charge in [-0.25, -0.2) is 0 Å². The van der Waals surface area contributed by atoms with E-state index in [1.165, 1.54) is 0 Å². The number of aromatic nitrogens is 1. The minimum absolute atomic E-state index is 0. The van der Waals surface area contributed by atoms with E-state index >= 15 is 0 Å². The van der Waals surface area contributed by atoms with E-state index < -0.39 is 11.6 Å². The van der Waals surface area contributed by atoms with Gasteiger partial charge in [-0.05, 0) is 11.8 Å². The van der Waals surface area contributed by atoms with Gasteiger partial charge >= 0.3 is 0 Å². The van der Waals surface area contributed by atoms with Crippen molar-refractivity contribution in [3.05, 3.63) is 69.1 Å². The topological polar surface area (TPSA) is 12.9 Å². The number of halogens is 2. The molecule has 4 heteroatoms. The van der Waals surface area contributed by atoms with Crippen LogP contribution in [0, 0.1) is 32.6 Å². The average molecular weight is 415 g/mol. The van der Waals surface area contributed by atoms with Crippen LogP contribution in [-0.4, -0.2) is 4.98 Å².